The zero-order chi connectivity index (χ0) is 26.2. The van der Waals surface area contributed by atoms with Crippen LogP contribution in [-0.2, 0) is 18.8 Å². The van der Waals surface area contributed by atoms with Gasteiger partial charge >= 0.3 is 19.8 Å². The van der Waals surface area contributed by atoms with Crippen molar-refractivity contribution in [3.63, 3.8) is 0 Å². The Hall–Kier alpha value is -0.160. The summed E-state index contributed by atoms with van der Waals surface area (Å²) < 4.78 is 23.3. The number of aliphatic carboxylic acids is 1. The van der Waals surface area contributed by atoms with Gasteiger partial charge in [-0.2, -0.15) is 11.8 Å². The Morgan fingerprint density at radius 3 is 1.83 bits per heavy atom. The molecule has 0 radical (unpaired) electrons. The van der Waals surface area contributed by atoms with E-state index in [2.05, 4.69) is 13.8 Å². The number of ether oxygens (including phenoxy) is 2. The number of carboxylic acid groups (broad SMARTS) is 1. The fraction of sp³-hybridized carbons (Fsp3) is 0.964. The van der Waals surface area contributed by atoms with Crippen molar-refractivity contribution >= 4 is 26.2 Å². The third kappa shape index (κ3) is 17.8. The van der Waals surface area contributed by atoms with Crippen molar-refractivity contribution in [1.29, 1.82) is 0 Å². The van der Waals surface area contributed by atoms with E-state index in [1.54, 1.807) is 0 Å². The monoisotopic (exact) mass is 535 g/mol. The second kappa shape index (κ2) is 24.2. The molecule has 0 aromatic heterocycles. The van der Waals surface area contributed by atoms with E-state index in [0.717, 1.165) is 12.2 Å². The summed E-state index contributed by atoms with van der Waals surface area (Å²) in [5, 5.41) is 8.21. The minimum atomic E-state index is -1.75. The Kier molecular flexibility index (Phi) is 24.1. The highest BCUT2D eigenvalue weighted by Crippen LogP contribution is 2.30. The predicted octanol–water partition coefficient (Wildman–Crippen LogP) is 9.01. The van der Waals surface area contributed by atoms with E-state index in [9.17, 15) is 14.5 Å². The van der Waals surface area contributed by atoms with E-state index < -0.39 is 19.8 Å². The van der Waals surface area contributed by atoms with Crippen LogP contribution in [0.4, 0.5) is 0 Å². The minimum Gasteiger partial charge on any atom is -0.476 e. The molecule has 0 saturated heterocycles. The highest BCUT2D eigenvalue weighted by atomic mass is 32.2. The normalized spacial score (nSPS) is 15.2. The molecule has 0 heterocycles. The van der Waals surface area contributed by atoms with Gasteiger partial charge in [-0.3, -0.25) is 0 Å². The topological polar surface area (TPSA) is 72.8 Å². The first-order valence-corrected chi connectivity index (χ1v) is 16.4. The molecule has 7 heteroatoms. The van der Waals surface area contributed by atoms with E-state index in [0.29, 0.717) is 11.7 Å². The van der Waals surface area contributed by atoms with Gasteiger partial charge in [-0.05, 0) is 31.9 Å². The van der Waals surface area contributed by atoms with Gasteiger partial charge in [-0.1, -0.05) is 115 Å². The molecule has 4 unspecified atom stereocenters. The molecule has 0 aromatic rings. The number of unbranched alkanes of at least 4 members (excludes halogenated alkanes) is 13. The van der Waals surface area contributed by atoms with Gasteiger partial charge < -0.3 is 14.6 Å². The molecule has 208 valence electrons. The van der Waals surface area contributed by atoms with Crippen LogP contribution >= 0.6 is 20.2 Å². The van der Waals surface area contributed by atoms with Crippen LogP contribution in [0.5, 0.6) is 0 Å². The third-order valence-corrected chi connectivity index (χ3v) is 8.96. The standard InChI is InChI=1S/C28H55O5PS/c1-5-8-10-12-13-14-15-16-18-20-23-35-26(21-19-17-11-9-6-2)25(4)32-24-28(34-31,27(29)30)33-22-7-3/h25-26H,5-24H2,1-4H3,(H,29,30)/p+1. The second-order valence-electron chi connectivity index (χ2n) is 9.89. The number of rotatable bonds is 27. The molecule has 5 nitrogen and oxygen atoms in total. The fourth-order valence-electron chi connectivity index (χ4n) is 4.13. The van der Waals surface area contributed by atoms with Crippen molar-refractivity contribution in [3.8, 4) is 0 Å². The summed E-state index contributed by atoms with van der Waals surface area (Å²) in [7, 11) is -1.10. The summed E-state index contributed by atoms with van der Waals surface area (Å²) >= 11 is 1.97. The van der Waals surface area contributed by atoms with E-state index in [-0.39, 0.29) is 19.3 Å². The Labute approximate surface area is 222 Å². The number of hydrogen-bond donors (Lipinski definition) is 1. The van der Waals surface area contributed by atoms with Gasteiger partial charge in [0, 0.05) is 5.25 Å². The lowest BCUT2D eigenvalue weighted by Gasteiger charge is -2.26. The van der Waals surface area contributed by atoms with E-state index >= 15 is 0 Å². The Bertz CT molecular complexity index is 508. The van der Waals surface area contributed by atoms with Crippen LogP contribution in [0.15, 0.2) is 0 Å². The van der Waals surface area contributed by atoms with Gasteiger partial charge in [-0.25, -0.2) is 4.79 Å². The molecule has 1 N–H and O–H groups in total. The second-order valence-corrected chi connectivity index (χ2v) is 12.3. The van der Waals surface area contributed by atoms with Crippen LogP contribution in [0.1, 0.15) is 137 Å². The van der Waals surface area contributed by atoms with Crippen molar-refractivity contribution in [2.45, 2.75) is 154 Å². The quantitative estimate of drug-likeness (QED) is 0.0835. The molecule has 0 saturated carbocycles. The number of hydrogen-bond acceptors (Lipinski definition) is 5. The molecule has 35 heavy (non-hydrogen) atoms. The molecule has 0 rings (SSSR count). The zero-order valence-corrected chi connectivity index (χ0v) is 25.1. The van der Waals surface area contributed by atoms with Crippen LogP contribution in [0.3, 0.4) is 0 Å². The molecular weight excluding hydrogens is 479 g/mol. The van der Waals surface area contributed by atoms with Gasteiger partial charge in [0.1, 0.15) is 6.61 Å². The van der Waals surface area contributed by atoms with Crippen molar-refractivity contribution in [3.05, 3.63) is 0 Å². The molecule has 4 atom stereocenters. The van der Waals surface area contributed by atoms with Gasteiger partial charge in [0.25, 0.3) is 0 Å². The highest BCUT2D eigenvalue weighted by molar-refractivity contribution is 7.99. The smallest absolute Gasteiger partial charge is 0.390 e. The SMILES string of the molecule is CCCCCCCCCCCCSC(CCCCCCC)C(C)OCC(OCCC)([PH+]=O)C(=O)O. The van der Waals surface area contributed by atoms with E-state index in [1.165, 1.54) is 96.3 Å². The van der Waals surface area contributed by atoms with E-state index in [1.807, 2.05) is 25.6 Å². The summed E-state index contributed by atoms with van der Waals surface area (Å²) in [6.45, 7) is 8.52. The number of carbonyl (C=O) groups is 1. The maximum Gasteiger partial charge on any atom is 0.390 e. The Balaban J connectivity index is 4.51. The summed E-state index contributed by atoms with van der Waals surface area (Å²) in [6.07, 6.45) is 21.2. The Morgan fingerprint density at radius 2 is 1.34 bits per heavy atom. The lowest BCUT2D eigenvalue weighted by atomic mass is 10.1. The molecule has 0 aliphatic rings. The van der Waals surface area contributed by atoms with Gasteiger partial charge in [-0.15, -0.1) is 0 Å². The fourth-order valence-corrected chi connectivity index (χ4v) is 5.87. The third-order valence-electron chi connectivity index (χ3n) is 6.56. The first kappa shape index (κ1) is 34.8. The predicted molar refractivity (Wildman–Crippen MR) is 152 cm³/mol. The first-order chi connectivity index (χ1) is 17.0. The van der Waals surface area contributed by atoms with Gasteiger partial charge in [0.2, 0.25) is 0 Å². The molecule has 0 spiro atoms. The van der Waals surface area contributed by atoms with Crippen molar-refractivity contribution < 1.29 is 23.9 Å². The lowest BCUT2D eigenvalue weighted by Crippen LogP contribution is -2.43. The molecule has 0 aliphatic heterocycles. The van der Waals surface area contributed by atoms with E-state index in [4.69, 9.17) is 9.47 Å². The number of carboxylic acids is 1. The lowest BCUT2D eigenvalue weighted by molar-refractivity contribution is -0.162. The summed E-state index contributed by atoms with van der Waals surface area (Å²) in [5.41, 5.74) is 0. The zero-order valence-electron chi connectivity index (χ0n) is 23.3. The number of thioether (sulfide) groups is 1. The summed E-state index contributed by atoms with van der Waals surface area (Å²) in [6, 6.07) is 0. The van der Waals surface area contributed by atoms with Crippen LogP contribution in [0, 0.1) is 0 Å². The van der Waals surface area contributed by atoms with Crippen LogP contribution in [0.2, 0.25) is 0 Å². The molecule has 0 aliphatic carbocycles. The average Bonchev–Trinajstić information content (AvgIpc) is 2.85. The summed E-state index contributed by atoms with van der Waals surface area (Å²) in [5.74, 6) is -0.0931. The van der Waals surface area contributed by atoms with Gasteiger partial charge in [0.15, 0.2) is 0 Å². The van der Waals surface area contributed by atoms with Crippen LogP contribution in [0.25, 0.3) is 0 Å². The molecule has 0 aromatic carbocycles. The van der Waals surface area contributed by atoms with Crippen molar-refractivity contribution in [2.75, 3.05) is 19.0 Å². The van der Waals surface area contributed by atoms with Crippen LogP contribution in [-0.4, -0.2) is 46.7 Å². The molecule has 0 bridgehead atoms. The molecule has 0 fully saturated rings. The maximum atomic E-state index is 11.8. The first-order valence-electron chi connectivity index (χ1n) is 14.5. The van der Waals surface area contributed by atoms with Gasteiger partial charge in [0.05, 0.1) is 12.7 Å². The molecular formula is C28H56O5PS+. The average molecular weight is 536 g/mol. The van der Waals surface area contributed by atoms with Crippen LogP contribution < -0.4 is 0 Å². The van der Waals surface area contributed by atoms with Crippen molar-refractivity contribution in [2.24, 2.45) is 0 Å². The van der Waals surface area contributed by atoms with Crippen molar-refractivity contribution in [1.82, 2.24) is 0 Å². The minimum absolute atomic E-state index is 0.102. The Morgan fingerprint density at radius 1 is 0.829 bits per heavy atom. The maximum absolute atomic E-state index is 11.8. The highest BCUT2D eigenvalue weighted by Gasteiger charge is 2.50. The largest absolute Gasteiger partial charge is 0.476 e. The summed E-state index contributed by atoms with van der Waals surface area (Å²) in [4.78, 5) is 11.8. The molecule has 0 amide bonds.